The van der Waals surface area contributed by atoms with Crippen molar-refractivity contribution < 1.29 is 4.79 Å². The summed E-state index contributed by atoms with van der Waals surface area (Å²) in [5, 5.41) is 3.49. The molecule has 20 heavy (non-hydrogen) atoms. The van der Waals surface area contributed by atoms with Gasteiger partial charge in [-0.25, -0.2) is 0 Å². The topological polar surface area (TPSA) is 32.3 Å². The largest absolute Gasteiger partial charge is 0.330 e. The highest BCUT2D eigenvalue weighted by Crippen LogP contribution is 2.36. The average Bonchev–Trinajstić information content (AvgIpc) is 2.48. The minimum absolute atomic E-state index is 0.0445. The Morgan fingerprint density at radius 2 is 1.95 bits per heavy atom. The van der Waals surface area contributed by atoms with Crippen molar-refractivity contribution in [1.82, 2.24) is 10.2 Å². The Hall–Kier alpha value is -0.870. The van der Waals surface area contributed by atoms with Crippen molar-refractivity contribution in [2.75, 3.05) is 19.6 Å². The summed E-state index contributed by atoms with van der Waals surface area (Å²) in [4.78, 5) is 15.1. The Kier molecular flexibility index (Phi) is 4.13. The van der Waals surface area contributed by atoms with Crippen LogP contribution >= 0.6 is 15.9 Å². The van der Waals surface area contributed by atoms with Gasteiger partial charge in [0.25, 0.3) is 5.91 Å². The lowest BCUT2D eigenvalue weighted by Gasteiger charge is -2.50. The maximum Gasteiger partial charge on any atom is 0.255 e. The predicted molar refractivity (Wildman–Crippen MR) is 83.9 cm³/mol. The van der Waals surface area contributed by atoms with Crippen molar-refractivity contribution in [3.05, 3.63) is 34.3 Å². The summed E-state index contributed by atoms with van der Waals surface area (Å²) >= 11 is 3.51. The van der Waals surface area contributed by atoms with Crippen molar-refractivity contribution in [2.45, 2.75) is 37.6 Å². The second-order valence-corrected chi connectivity index (χ2v) is 6.75. The summed E-state index contributed by atoms with van der Waals surface area (Å²) in [6.07, 6.45) is 6.05. The van der Waals surface area contributed by atoms with Gasteiger partial charge in [-0.1, -0.05) is 31.4 Å². The molecular weight excluding hydrogens is 316 g/mol. The molecule has 0 radical (unpaired) electrons. The molecule has 1 spiro atoms. The molecule has 0 atom stereocenters. The molecule has 108 valence electrons. The van der Waals surface area contributed by atoms with Gasteiger partial charge in [0.2, 0.25) is 0 Å². The van der Waals surface area contributed by atoms with E-state index < -0.39 is 0 Å². The monoisotopic (exact) mass is 336 g/mol. The molecule has 1 aromatic rings. The van der Waals surface area contributed by atoms with E-state index in [1.807, 2.05) is 24.3 Å². The molecule has 0 aromatic heterocycles. The van der Waals surface area contributed by atoms with Crippen LogP contribution in [-0.4, -0.2) is 36.0 Å². The van der Waals surface area contributed by atoms with Gasteiger partial charge < -0.3 is 10.2 Å². The summed E-state index contributed by atoms with van der Waals surface area (Å²) in [6, 6.07) is 7.76. The fourth-order valence-electron chi connectivity index (χ4n) is 3.60. The molecule has 4 heteroatoms. The predicted octanol–water partition coefficient (Wildman–Crippen LogP) is 3.20. The lowest BCUT2D eigenvalue weighted by Crippen LogP contribution is -2.63. The van der Waals surface area contributed by atoms with Crippen LogP contribution in [0.15, 0.2) is 28.7 Å². The number of carbonyl (C=O) groups excluding carboxylic acids is 1. The second kappa shape index (κ2) is 5.86. The van der Waals surface area contributed by atoms with E-state index in [0.717, 1.165) is 42.5 Å². The molecule has 1 aliphatic heterocycles. The van der Waals surface area contributed by atoms with E-state index in [-0.39, 0.29) is 11.4 Å². The first-order valence-corrected chi connectivity index (χ1v) is 8.29. The van der Waals surface area contributed by atoms with E-state index in [2.05, 4.69) is 26.1 Å². The minimum Gasteiger partial charge on any atom is -0.330 e. The van der Waals surface area contributed by atoms with Crippen molar-refractivity contribution in [3.63, 3.8) is 0 Å². The fourth-order valence-corrected chi connectivity index (χ4v) is 4.05. The molecule has 1 saturated carbocycles. The van der Waals surface area contributed by atoms with Gasteiger partial charge in [-0.3, -0.25) is 4.79 Å². The highest BCUT2D eigenvalue weighted by atomic mass is 79.9. The van der Waals surface area contributed by atoms with Gasteiger partial charge in [0.05, 0.1) is 11.1 Å². The summed E-state index contributed by atoms with van der Waals surface area (Å²) < 4.78 is 0.898. The molecule has 3 nitrogen and oxygen atoms in total. The van der Waals surface area contributed by atoms with Crippen LogP contribution in [0, 0.1) is 0 Å². The third kappa shape index (κ3) is 2.51. The molecule has 1 aromatic carbocycles. The van der Waals surface area contributed by atoms with E-state index in [4.69, 9.17) is 0 Å². The van der Waals surface area contributed by atoms with Crippen LogP contribution in [0.5, 0.6) is 0 Å². The number of nitrogens with zero attached hydrogens (tertiary/aromatic N) is 1. The lowest BCUT2D eigenvalue weighted by atomic mass is 9.78. The van der Waals surface area contributed by atoms with E-state index in [1.165, 1.54) is 19.3 Å². The molecule has 1 amide bonds. The van der Waals surface area contributed by atoms with Gasteiger partial charge in [0.1, 0.15) is 0 Å². The molecular formula is C16H21BrN2O. The van der Waals surface area contributed by atoms with Crippen LogP contribution in [0.1, 0.15) is 42.5 Å². The number of hydrogen-bond acceptors (Lipinski definition) is 2. The molecule has 0 unspecified atom stereocenters. The number of piperazine rings is 1. The SMILES string of the molecule is O=C(c1ccccc1Br)N1CCNCC12CCCCC2. The van der Waals surface area contributed by atoms with Crippen molar-refractivity contribution in [2.24, 2.45) is 0 Å². The van der Waals surface area contributed by atoms with Crippen molar-refractivity contribution in [1.29, 1.82) is 0 Å². The third-order valence-electron chi connectivity index (χ3n) is 4.67. The first-order chi connectivity index (χ1) is 9.73. The first kappa shape index (κ1) is 14.1. The Balaban J connectivity index is 1.90. The second-order valence-electron chi connectivity index (χ2n) is 5.90. The zero-order valence-corrected chi connectivity index (χ0v) is 13.3. The van der Waals surface area contributed by atoms with Crippen LogP contribution in [-0.2, 0) is 0 Å². The lowest BCUT2D eigenvalue weighted by molar-refractivity contribution is 0.0222. The summed E-state index contributed by atoms with van der Waals surface area (Å²) in [6.45, 7) is 2.67. The Labute approximate surface area is 128 Å². The number of halogens is 1. The summed E-state index contributed by atoms with van der Waals surface area (Å²) in [7, 11) is 0. The van der Waals surface area contributed by atoms with E-state index in [0.29, 0.717) is 0 Å². The van der Waals surface area contributed by atoms with Crippen LogP contribution in [0.3, 0.4) is 0 Å². The quantitative estimate of drug-likeness (QED) is 0.854. The fraction of sp³-hybridized carbons (Fsp3) is 0.562. The molecule has 1 heterocycles. The summed E-state index contributed by atoms with van der Waals surface area (Å²) in [5.74, 6) is 0.181. The maximum atomic E-state index is 13.0. The third-order valence-corrected chi connectivity index (χ3v) is 5.36. The Morgan fingerprint density at radius 1 is 1.20 bits per heavy atom. The highest BCUT2D eigenvalue weighted by Gasteiger charge is 2.42. The first-order valence-electron chi connectivity index (χ1n) is 7.50. The highest BCUT2D eigenvalue weighted by molar-refractivity contribution is 9.10. The molecule has 0 bridgehead atoms. The number of carbonyl (C=O) groups is 1. The van der Waals surface area contributed by atoms with Gasteiger partial charge in [-0.15, -0.1) is 0 Å². The Bertz CT molecular complexity index is 489. The number of rotatable bonds is 1. The molecule has 2 fully saturated rings. The van der Waals surface area contributed by atoms with E-state index in [1.54, 1.807) is 0 Å². The molecule has 1 aliphatic carbocycles. The normalized spacial score (nSPS) is 21.9. The van der Waals surface area contributed by atoms with Crippen LogP contribution in [0.4, 0.5) is 0 Å². The molecule has 1 saturated heterocycles. The minimum atomic E-state index is 0.0445. The van der Waals surface area contributed by atoms with Crippen molar-refractivity contribution in [3.8, 4) is 0 Å². The van der Waals surface area contributed by atoms with Gasteiger partial charge >= 0.3 is 0 Å². The zero-order valence-electron chi connectivity index (χ0n) is 11.7. The van der Waals surface area contributed by atoms with Crippen LogP contribution in [0.2, 0.25) is 0 Å². The van der Waals surface area contributed by atoms with E-state index >= 15 is 0 Å². The zero-order chi connectivity index (χ0) is 14.0. The van der Waals surface area contributed by atoms with Gasteiger partial charge in [-0.05, 0) is 40.9 Å². The van der Waals surface area contributed by atoms with Crippen molar-refractivity contribution >= 4 is 21.8 Å². The van der Waals surface area contributed by atoms with Gasteiger partial charge in [0, 0.05) is 24.1 Å². The van der Waals surface area contributed by atoms with Gasteiger partial charge in [-0.2, -0.15) is 0 Å². The number of nitrogens with one attached hydrogen (secondary N) is 1. The molecule has 3 rings (SSSR count). The number of hydrogen-bond donors (Lipinski definition) is 1. The smallest absolute Gasteiger partial charge is 0.255 e. The number of amides is 1. The van der Waals surface area contributed by atoms with E-state index in [9.17, 15) is 4.79 Å². The molecule has 1 N–H and O–H groups in total. The standard InChI is InChI=1S/C16H21BrN2O/c17-14-7-3-2-6-13(14)15(20)19-11-10-18-12-16(19)8-4-1-5-9-16/h2-3,6-7,18H,1,4-5,8-12H2. The maximum absolute atomic E-state index is 13.0. The van der Waals surface area contributed by atoms with Gasteiger partial charge in [0.15, 0.2) is 0 Å². The molecule has 2 aliphatic rings. The van der Waals surface area contributed by atoms with Crippen LogP contribution in [0.25, 0.3) is 0 Å². The Morgan fingerprint density at radius 3 is 2.70 bits per heavy atom. The average molecular weight is 337 g/mol. The summed E-state index contributed by atoms with van der Waals surface area (Å²) in [5.41, 5.74) is 0.836. The number of benzene rings is 1. The van der Waals surface area contributed by atoms with Crippen LogP contribution < -0.4 is 5.32 Å².